The summed E-state index contributed by atoms with van der Waals surface area (Å²) in [5.41, 5.74) is 2.22. The Labute approximate surface area is 131 Å². The van der Waals surface area contributed by atoms with Gasteiger partial charge in [-0.25, -0.2) is 0 Å². The lowest BCUT2D eigenvalue weighted by molar-refractivity contribution is 0.565. The minimum atomic E-state index is 0.681. The predicted octanol–water partition coefficient (Wildman–Crippen LogP) is 5.22. The number of benzene rings is 1. The monoisotopic (exact) mass is 340 g/mol. The van der Waals surface area contributed by atoms with Crippen molar-refractivity contribution in [1.82, 2.24) is 4.57 Å². The summed E-state index contributed by atoms with van der Waals surface area (Å²) < 4.78 is 9.08. The highest BCUT2D eigenvalue weighted by atomic mass is 79.9. The number of rotatable bonds is 3. The van der Waals surface area contributed by atoms with E-state index in [4.69, 9.17) is 9.68 Å². The molecule has 3 aromatic rings. The molecular weight excluding hydrogens is 328 g/mol. The van der Waals surface area contributed by atoms with Gasteiger partial charge in [0.25, 0.3) is 0 Å². The topological polar surface area (TPSA) is 41.9 Å². The molecule has 21 heavy (non-hydrogen) atoms. The zero-order valence-electron chi connectivity index (χ0n) is 11.5. The fourth-order valence-corrected chi connectivity index (χ4v) is 2.82. The molecule has 3 nitrogen and oxygen atoms in total. The van der Waals surface area contributed by atoms with Crippen LogP contribution in [0.15, 0.2) is 51.4 Å². The molecule has 0 saturated heterocycles. The number of hydrogen-bond donors (Lipinski definition) is 0. The summed E-state index contributed by atoms with van der Waals surface area (Å²) in [6.45, 7) is 2.97. The van der Waals surface area contributed by atoms with Crippen LogP contribution < -0.4 is 0 Å². The van der Waals surface area contributed by atoms with Crippen molar-refractivity contribution in [3.63, 3.8) is 0 Å². The molecule has 0 saturated carbocycles. The number of nitriles is 1. The number of nitrogens with zero attached hydrogens (tertiary/aromatic N) is 2. The molecule has 0 bridgehead atoms. The van der Waals surface area contributed by atoms with E-state index in [9.17, 15) is 0 Å². The minimum absolute atomic E-state index is 0.681. The molecule has 4 heteroatoms. The van der Waals surface area contributed by atoms with E-state index in [1.54, 1.807) is 6.08 Å². The fourth-order valence-electron chi connectivity index (χ4n) is 2.47. The Morgan fingerprint density at radius 2 is 2.14 bits per heavy atom. The van der Waals surface area contributed by atoms with Crippen LogP contribution in [0.1, 0.15) is 12.7 Å². The van der Waals surface area contributed by atoms with Crippen LogP contribution in [0.25, 0.3) is 28.4 Å². The Hall–Kier alpha value is -2.25. The zero-order chi connectivity index (χ0) is 14.8. The van der Waals surface area contributed by atoms with Crippen LogP contribution >= 0.6 is 15.9 Å². The maximum atomic E-state index is 8.57. The van der Waals surface area contributed by atoms with E-state index < -0.39 is 0 Å². The van der Waals surface area contributed by atoms with Crippen molar-refractivity contribution in [2.24, 2.45) is 0 Å². The highest BCUT2D eigenvalue weighted by molar-refractivity contribution is 9.10. The van der Waals surface area contributed by atoms with Gasteiger partial charge < -0.3 is 8.98 Å². The van der Waals surface area contributed by atoms with Gasteiger partial charge in [-0.15, -0.1) is 0 Å². The summed E-state index contributed by atoms with van der Waals surface area (Å²) >= 11 is 3.52. The van der Waals surface area contributed by atoms with Crippen LogP contribution in [0.2, 0.25) is 0 Å². The first kappa shape index (κ1) is 13.7. The molecule has 0 amide bonds. The Morgan fingerprint density at radius 3 is 2.90 bits per heavy atom. The second-order valence-corrected chi connectivity index (χ2v) is 5.56. The fraction of sp³-hybridized carbons (Fsp3) is 0.118. The summed E-state index contributed by atoms with van der Waals surface area (Å²) in [6.07, 6.45) is 3.08. The first-order chi connectivity index (χ1) is 10.2. The Kier molecular flexibility index (Phi) is 3.68. The van der Waals surface area contributed by atoms with E-state index in [0.717, 1.165) is 22.5 Å². The number of hydrogen-bond acceptors (Lipinski definition) is 2. The highest BCUT2D eigenvalue weighted by Gasteiger charge is 2.12. The quantitative estimate of drug-likeness (QED) is 0.613. The van der Waals surface area contributed by atoms with E-state index in [1.807, 2.05) is 24.3 Å². The zero-order valence-corrected chi connectivity index (χ0v) is 13.1. The van der Waals surface area contributed by atoms with Gasteiger partial charge >= 0.3 is 0 Å². The van der Waals surface area contributed by atoms with Crippen molar-refractivity contribution in [2.45, 2.75) is 13.5 Å². The van der Waals surface area contributed by atoms with Gasteiger partial charge in [0.1, 0.15) is 5.76 Å². The second kappa shape index (κ2) is 5.63. The number of allylic oxidation sites excluding steroid dienone is 1. The standard InChI is InChI=1S/C17H13BrN2O/c1-2-20-15-11-13(18)6-5-12(15)10-16(20)17-8-7-14(21-17)4-3-9-19/h3-8,10-11H,2H2,1H3/b4-3-. The van der Waals surface area contributed by atoms with Crippen LogP contribution in [0.5, 0.6) is 0 Å². The summed E-state index contributed by atoms with van der Waals surface area (Å²) in [7, 11) is 0. The van der Waals surface area contributed by atoms with Crippen LogP contribution in [0.4, 0.5) is 0 Å². The number of aromatic nitrogens is 1. The third-order valence-electron chi connectivity index (χ3n) is 3.38. The average Bonchev–Trinajstić information content (AvgIpc) is 3.08. The van der Waals surface area contributed by atoms with Gasteiger partial charge in [0.15, 0.2) is 5.76 Å². The molecule has 0 radical (unpaired) electrons. The Morgan fingerprint density at radius 1 is 1.29 bits per heavy atom. The van der Waals surface area contributed by atoms with Crippen LogP contribution in [0.3, 0.4) is 0 Å². The number of fused-ring (bicyclic) bond motifs is 1. The summed E-state index contributed by atoms with van der Waals surface area (Å²) in [5.74, 6) is 1.49. The molecule has 3 rings (SSSR count). The maximum Gasteiger partial charge on any atom is 0.151 e. The first-order valence-corrected chi connectivity index (χ1v) is 7.47. The molecule has 2 heterocycles. The summed E-state index contributed by atoms with van der Waals surface area (Å²) in [6, 6.07) is 14.1. The van der Waals surface area contributed by atoms with E-state index in [-0.39, 0.29) is 0 Å². The normalized spacial score (nSPS) is 11.3. The number of aryl methyl sites for hydroxylation is 1. The van der Waals surface area contributed by atoms with Crippen molar-refractivity contribution in [3.8, 4) is 17.5 Å². The van der Waals surface area contributed by atoms with Gasteiger partial charge in [0.2, 0.25) is 0 Å². The van der Waals surface area contributed by atoms with Gasteiger partial charge in [-0.3, -0.25) is 0 Å². The lowest BCUT2D eigenvalue weighted by Crippen LogP contribution is -1.95. The molecule has 0 atom stereocenters. The van der Waals surface area contributed by atoms with Gasteiger partial charge in [-0.05, 0) is 43.3 Å². The van der Waals surface area contributed by atoms with Crippen molar-refractivity contribution in [2.75, 3.05) is 0 Å². The van der Waals surface area contributed by atoms with Crippen LogP contribution in [-0.4, -0.2) is 4.57 Å². The van der Waals surface area contributed by atoms with Gasteiger partial charge in [0.05, 0.1) is 11.8 Å². The smallest absolute Gasteiger partial charge is 0.151 e. The van der Waals surface area contributed by atoms with Crippen molar-refractivity contribution >= 4 is 32.9 Å². The van der Waals surface area contributed by atoms with E-state index in [1.165, 1.54) is 17.0 Å². The van der Waals surface area contributed by atoms with Gasteiger partial charge in [-0.1, -0.05) is 22.0 Å². The van der Waals surface area contributed by atoms with Crippen LogP contribution in [0, 0.1) is 11.3 Å². The Bertz CT molecular complexity index is 865. The average molecular weight is 341 g/mol. The van der Waals surface area contributed by atoms with Crippen molar-refractivity contribution in [1.29, 1.82) is 5.26 Å². The summed E-state index contributed by atoms with van der Waals surface area (Å²) in [5, 5.41) is 9.75. The minimum Gasteiger partial charge on any atom is -0.455 e. The largest absolute Gasteiger partial charge is 0.455 e. The van der Waals surface area contributed by atoms with Crippen LogP contribution in [-0.2, 0) is 6.54 Å². The molecule has 0 spiro atoms. The molecule has 0 N–H and O–H groups in total. The lowest BCUT2D eigenvalue weighted by atomic mass is 10.2. The molecule has 2 aromatic heterocycles. The Balaban J connectivity index is 2.14. The van der Waals surface area contributed by atoms with Crippen molar-refractivity contribution in [3.05, 3.63) is 52.7 Å². The van der Waals surface area contributed by atoms with E-state index >= 15 is 0 Å². The van der Waals surface area contributed by atoms with E-state index in [0.29, 0.717) is 5.76 Å². The second-order valence-electron chi connectivity index (χ2n) is 4.64. The van der Waals surface area contributed by atoms with Crippen molar-refractivity contribution < 1.29 is 4.42 Å². The third kappa shape index (κ3) is 2.53. The SMILES string of the molecule is CCn1c(-c2ccc(/C=C\C#N)o2)cc2ccc(Br)cc21. The maximum absolute atomic E-state index is 8.57. The molecular formula is C17H13BrN2O. The molecule has 0 fully saturated rings. The van der Waals surface area contributed by atoms with Gasteiger partial charge in [-0.2, -0.15) is 5.26 Å². The third-order valence-corrected chi connectivity index (χ3v) is 3.88. The number of furan rings is 1. The predicted molar refractivity (Wildman–Crippen MR) is 87.7 cm³/mol. The molecule has 104 valence electrons. The molecule has 0 aliphatic carbocycles. The first-order valence-electron chi connectivity index (χ1n) is 6.68. The molecule has 1 aromatic carbocycles. The molecule has 0 aliphatic heterocycles. The number of halogens is 1. The molecule has 0 aliphatic rings. The van der Waals surface area contributed by atoms with E-state index in [2.05, 4.69) is 45.6 Å². The summed E-state index contributed by atoms with van der Waals surface area (Å²) in [4.78, 5) is 0. The molecule has 0 unspecified atom stereocenters. The van der Waals surface area contributed by atoms with Gasteiger partial charge in [0, 0.05) is 28.0 Å². The lowest BCUT2D eigenvalue weighted by Gasteiger charge is -2.05. The highest BCUT2D eigenvalue weighted by Crippen LogP contribution is 2.31.